The van der Waals surface area contributed by atoms with E-state index in [1.165, 1.54) is 4.68 Å². The molecule has 1 aromatic rings. The van der Waals surface area contributed by atoms with Crippen molar-refractivity contribution in [3.63, 3.8) is 0 Å². The van der Waals surface area contributed by atoms with Gasteiger partial charge in [0, 0.05) is 18.8 Å². The number of nitrogens with two attached hydrogens (primary N) is 1. The number of carbonyl (C=O) groups excluding carboxylic acids is 1. The summed E-state index contributed by atoms with van der Waals surface area (Å²) in [6, 6.07) is 0. The maximum atomic E-state index is 11.9. The summed E-state index contributed by atoms with van der Waals surface area (Å²) in [6.45, 7) is 4.48. The zero-order valence-corrected chi connectivity index (χ0v) is 10.9. The zero-order valence-electron chi connectivity index (χ0n) is 10.1. The van der Waals surface area contributed by atoms with Crippen LogP contribution in [0.4, 0.5) is 5.69 Å². The minimum atomic E-state index is -0.165. The lowest BCUT2D eigenvalue weighted by Crippen LogP contribution is -2.31. The van der Waals surface area contributed by atoms with Crippen molar-refractivity contribution >= 4 is 23.4 Å². The molecule has 0 saturated heterocycles. The van der Waals surface area contributed by atoms with Crippen molar-refractivity contribution in [3.8, 4) is 0 Å². The Hall–Kier alpha value is -1.17. The molecule has 1 unspecified atom stereocenters. The van der Waals surface area contributed by atoms with Crippen LogP contribution in [-0.2, 0) is 7.05 Å². The first kappa shape index (κ1) is 12.9. The molecule has 6 heteroatoms. The van der Waals surface area contributed by atoms with Gasteiger partial charge in [-0.25, -0.2) is 0 Å². The molecule has 0 saturated carbocycles. The van der Waals surface area contributed by atoms with Crippen LogP contribution >= 0.6 is 11.8 Å². The lowest BCUT2D eigenvalue weighted by Gasteiger charge is -2.10. The molecule has 1 heterocycles. The van der Waals surface area contributed by atoms with Crippen molar-refractivity contribution < 1.29 is 4.79 Å². The second-order valence-electron chi connectivity index (χ2n) is 3.73. The molecule has 0 aliphatic heterocycles. The summed E-state index contributed by atoms with van der Waals surface area (Å²) >= 11 is 1.71. The Morgan fingerprint density at radius 2 is 2.31 bits per heavy atom. The van der Waals surface area contributed by atoms with Crippen LogP contribution in [0.25, 0.3) is 0 Å². The summed E-state index contributed by atoms with van der Waals surface area (Å²) in [5, 5.41) is 7.34. The molecule has 0 spiro atoms. The highest BCUT2D eigenvalue weighted by Gasteiger charge is 2.17. The van der Waals surface area contributed by atoms with Crippen LogP contribution in [0.3, 0.4) is 0 Å². The third-order valence-electron chi connectivity index (χ3n) is 2.44. The first-order valence-corrected chi connectivity index (χ1v) is 6.36. The molecule has 3 N–H and O–H groups in total. The van der Waals surface area contributed by atoms with Gasteiger partial charge >= 0.3 is 0 Å². The van der Waals surface area contributed by atoms with Crippen LogP contribution in [0.2, 0.25) is 0 Å². The van der Waals surface area contributed by atoms with Crippen molar-refractivity contribution in [2.75, 3.05) is 18.5 Å². The number of amides is 1. The van der Waals surface area contributed by atoms with E-state index in [0.717, 1.165) is 0 Å². The Balaban J connectivity index is 2.73. The summed E-state index contributed by atoms with van der Waals surface area (Å²) in [5.41, 5.74) is 7.37. The van der Waals surface area contributed by atoms with Gasteiger partial charge in [-0.2, -0.15) is 16.9 Å². The molecule has 16 heavy (non-hydrogen) atoms. The average molecular weight is 242 g/mol. The van der Waals surface area contributed by atoms with Gasteiger partial charge in [-0.15, -0.1) is 0 Å². The third-order valence-corrected chi connectivity index (χ3v) is 3.41. The van der Waals surface area contributed by atoms with Crippen molar-refractivity contribution in [1.82, 2.24) is 15.1 Å². The Kier molecular flexibility index (Phi) is 4.23. The van der Waals surface area contributed by atoms with Gasteiger partial charge in [0.2, 0.25) is 0 Å². The fourth-order valence-electron chi connectivity index (χ4n) is 1.35. The van der Waals surface area contributed by atoms with E-state index in [9.17, 15) is 4.79 Å². The maximum Gasteiger partial charge on any atom is 0.271 e. The number of nitrogens with zero attached hydrogens (tertiary/aromatic N) is 2. The molecule has 0 fully saturated rings. The van der Waals surface area contributed by atoms with E-state index in [-0.39, 0.29) is 5.91 Å². The number of anilines is 1. The van der Waals surface area contributed by atoms with E-state index in [4.69, 9.17) is 5.73 Å². The van der Waals surface area contributed by atoms with Gasteiger partial charge in [-0.3, -0.25) is 9.48 Å². The Morgan fingerprint density at radius 1 is 1.69 bits per heavy atom. The molecular weight excluding hydrogens is 224 g/mol. The average Bonchev–Trinajstić information content (AvgIpc) is 2.49. The van der Waals surface area contributed by atoms with Gasteiger partial charge in [0.25, 0.3) is 5.91 Å². The molecule has 0 radical (unpaired) electrons. The predicted octanol–water partition coefficient (Wildman–Crippen LogP) is 0.792. The smallest absolute Gasteiger partial charge is 0.271 e. The molecule has 1 aromatic heterocycles. The normalized spacial score (nSPS) is 12.5. The van der Waals surface area contributed by atoms with E-state index >= 15 is 0 Å². The van der Waals surface area contributed by atoms with Crippen molar-refractivity contribution in [2.24, 2.45) is 7.05 Å². The van der Waals surface area contributed by atoms with Crippen molar-refractivity contribution in [2.45, 2.75) is 19.1 Å². The molecule has 1 amide bonds. The maximum absolute atomic E-state index is 11.9. The monoisotopic (exact) mass is 242 g/mol. The van der Waals surface area contributed by atoms with E-state index < -0.39 is 0 Å². The van der Waals surface area contributed by atoms with E-state index in [1.807, 2.05) is 6.26 Å². The fourth-order valence-corrected chi connectivity index (χ4v) is 1.60. The largest absolute Gasteiger partial charge is 0.395 e. The topological polar surface area (TPSA) is 72.9 Å². The Bertz CT molecular complexity index is 388. The quantitative estimate of drug-likeness (QED) is 0.819. The van der Waals surface area contributed by atoms with Gasteiger partial charge in [-0.1, -0.05) is 6.92 Å². The second kappa shape index (κ2) is 5.25. The zero-order chi connectivity index (χ0) is 12.3. The van der Waals surface area contributed by atoms with Crippen LogP contribution in [0, 0.1) is 6.92 Å². The molecule has 0 bridgehead atoms. The number of carbonyl (C=O) groups is 1. The predicted molar refractivity (Wildman–Crippen MR) is 67.7 cm³/mol. The van der Waals surface area contributed by atoms with E-state index in [2.05, 4.69) is 17.3 Å². The van der Waals surface area contributed by atoms with Gasteiger partial charge in [0.1, 0.15) is 5.69 Å². The molecule has 0 aliphatic rings. The highest BCUT2D eigenvalue weighted by Crippen LogP contribution is 2.15. The van der Waals surface area contributed by atoms with Crippen LogP contribution in [0.5, 0.6) is 0 Å². The number of nitrogens with one attached hydrogen (secondary N) is 1. The summed E-state index contributed by atoms with van der Waals surface area (Å²) in [7, 11) is 1.72. The number of aromatic nitrogens is 2. The fraction of sp³-hybridized carbons (Fsp3) is 0.600. The summed E-state index contributed by atoms with van der Waals surface area (Å²) in [4.78, 5) is 11.9. The highest BCUT2D eigenvalue weighted by atomic mass is 32.2. The molecule has 1 rings (SSSR count). The molecule has 1 atom stereocenters. The molecule has 5 nitrogen and oxygen atoms in total. The Morgan fingerprint density at radius 3 is 2.75 bits per heavy atom. The Labute approximate surface area is 99.8 Å². The number of hydrogen-bond acceptors (Lipinski definition) is 4. The number of hydrogen-bond donors (Lipinski definition) is 2. The second-order valence-corrected chi connectivity index (χ2v) is 5.00. The molecular formula is C10H18N4OS. The minimum absolute atomic E-state index is 0.165. The van der Waals surface area contributed by atoms with Gasteiger partial charge in [0.15, 0.2) is 0 Å². The van der Waals surface area contributed by atoms with Gasteiger partial charge < -0.3 is 11.1 Å². The van der Waals surface area contributed by atoms with E-state index in [1.54, 1.807) is 25.7 Å². The molecule has 90 valence electrons. The van der Waals surface area contributed by atoms with Gasteiger partial charge in [-0.05, 0) is 13.2 Å². The minimum Gasteiger partial charge on any atom is -0.395 e. The summed E-state index contributed by atoms with van der Waals surface area (Å²) in [6.07, 6.45) is 2.01. The molecule has 0 aliphatic carbocycles. The van der Waals surface area contributed by atoms with Crippen LogP contribution < -0.4 is 11.1 Å². The number of aryl methyl sites for hydroxylation is 2. The van der Waals surface area contributed by atoms with Crippen LogP contribution in [0.15, 0.2) is 0 Å². The van der Waals surface area contributed by atoms with Gasteiger partial charge in [0.05, 0.1) is 11.4 Å². The number of nitrogen functional groups attached to an aromatic ring is 1. The van der Waals surface area contributed by atoms with Crippen molar-refractivity contribution in [3.05, 3.63) is 11.4 Å². The van der Waals surface area contributed by atoms with E-state index in [0.29, 0.717) is 28.9 Å². The number of thioether (sulfide) groups is 1. The summed E-state index contributed by atoms with van der Waals surface area (Å²) < 4.78 is 1.52. The molecule has 0 aromatic carbocycles. The van der Waals surface area contributed by atoms with Crippen LogP contribution in [0.1, 0.15) is 23.1 Å². The standard InChI is InChI=1S/C10H18N4OS/c1-6(16-4)5-12-10(15)9-8(11)7(2)13-14(9)3/h6H,5,11H2,1-4H3,(H,12,15). The third kappa shape index (κ3) is 2.69. The van der Waals surface area contributed by atoms with Crippen molar-refractivity contribution in [1.29, 1.82) is 0 Å². The van der Waals surface area contributed by atoms with Crippen LogP contribution in [-0.4, -0.2) is 33.7 Å². The highest BCUT2D eigenvalue weighted by molar-refractivity contribution is 7.99. The number of rotatable bonds is 4. The summed E-state index contributed by atoms with van der Waals surface area (Å²) in [5.74, 6) is -0.165. The first-order valence-electron chi connectivity index (χ1n) is 5.07. The lowest BCUT2D eigenvalue weighted by atomic mass is 10.3. The first-order chi connectivity index (χ1) is 7.47. The lowest BCUT2D eigenvalue weighted by molar-refractivity contribution is 0.0945. The SMILES string of the molecule is CSC(C)CNC(=O)c1c(N)c(C)nn1C.